The Morgan fingerprint density at radius 2 is 0.818 bits per heavy atom. The van der Waals surface area contributed by atoms with Crippen molar-refractivity contribution in [3.8, 4) is 0 Å². The normalized spacial score (nSPS) is 11.2. The Morgan fingerprint density at radius 1 is 0.500 bits per heavy atom. The minimum atomic E-state index is 0.308. The zero-order valence-corrected chi connectivity index (χ0v) is 15.0. The summed E-state index contributed by atoms with van der Waals surface area (Å²) in [6.07, 6.45) is 8.63. The first-order valence-corrected chi connectivity index (χ1v) is 8.84. The second-order valence-electron chi connectivity index (χ2n) is 6.53. The molecule has 0 saturated carbocycles. The van der Waals surface area contributed by atoms with Crippen molar-refractivity contribution < 1.29 is 10.2 Å². The molecule has 0 saturated heterocycles. The molecule has 0 aliphatic rings. The van der Waals surface area contributed by atoms with Gasteiger partial charge in [-0.25, -0.2) is 0 Å². The standard InChI is InChI=1S/C20H34O2/c1-15-16(2)20(12-8-6-10-14-22)18(4)17(3)19(15)11-7-5-9-13-21/h21-22H,5-14H2,1-4H3. The van der Waals surface area contributed by atoms with Gasteiger partial charge in [0.2, 0.25) is 0 Å². The summed E-state index contributed by atoms with van der Waals surface area (Å²) in [5.74, 6) is 0. The number of hydrogen-bond donors (Lipinski definition) is 2. The lowest BCUT2D eigenvalue weighted by molar-refractivity contribution is 0.283. The van der Waals surface area contributed by atoms with Crippen LogP contribution in [-0.4, -0.2) is 23.4 Å². The van der Waals surface area contributed by atoms with Gasteiger partial charge in [0.25, 0.3) is 0 Å². The third-order valence-corrected chi connectivity index (χ3v) is 5.11. The summed E-state index contributed by atoms with van der Waals surface area (Å²) < 4.78 is 0. The van der Waals surface area contributed by atoms with E-state index < -0.39 is 0 Å². The Balaban J connectivity index is 2.85. The molecule has 0 aliphatic heterocycles. The van der Waals surface area contributed by atoms with E-state index in [1.54, 1.807) is 0 Å². The molecule has 2 nitrogen and oxygen atoms in total. The van der Waals surface area contributed by atoms with Crippen LogP contribution in [0.1, 0.15) is 71.9 Å². The molecule has 0 atom stereocenters. The van der Waals surface area contributed by atoms with Gasteiger partial charge in [-0.1, -0.05) is 12.8 Å². The van der Waals surface area contributed by atoms with E-state index in [2.05, 4.69) is 27.7 Å². The van der Waals surface area contributed by atoms with Crippen LogP contribution in [0.15, 0.2) is 0 Å². The van der Waals surface area contributed by atoms with Crippen LogP contribution < -0.4 is 0 Å². The van der Waals surface area contributed by atoms with Gasteiger partial charge in [0.15, 0.2) is 0 Å². The molecule has 1 aromatic rings. The predicted molar refractivity (Wildman–Crippen MR) is 94.7 cm³/mol. The van der Waals surface area contributed by atoms with Gasteiger partial charge in [0, 0.05) is 13.2 Å². The summed E-state index contributed by atoms with van der Waals surface area (Å²) in [6.45, 7) is 9.67. The molecule has 2 heteroatoms. The summed E-state index contributed by atoms with van der Waals surface area (Å²) in [5.41, 5.74) is 8.89. The monoisotopic (exact) mass is 306 g/mol. The lowest BCUT2D eigenvalue weighted by Crippen LogP contribution is -2.06. The number of unbranched alkanes of at least 4 members (excludes halogenated alkanes) is 4. The molecular weight excluding hydrogens is 272 g/mol. The zero-order chi connectivity index (χ0) is 16.5. The van der Waals surface area contributed by atoms with E-state index in [0.717, 1.165) is 51.4 Å². The third kappa shape index (κ3) is 5.10. The third-order valence-electron chi connectivity index (χ3n) is 5.11. The molecule has 0 fully saturated rings. The van der Waals surface area contributed by atoms with E-state index in [-0.39, 0.29) is 0 Å². The fraction of sp³-hybridized carbons (Fsp3) is 0.700. The van der Waals surface area contributed by atoms with Gasteiger partial charge < -0.3 is 10.2 Å². The smallest absolute Gasteiger partial charge is 0.0431 e. The first-order chi connectivity index (χ1) is 10.5. The minimum absolute atomic E-state index is 0.308. The first-order valence-electron chi connectivity index (χ1n) is 8.84. The second-order valence-corrected chi connectivity index (χ2v) is 6.53. The van der Waals surface area contributed by atoms with Crippen LogP contribution in [0.4, 0.5) is 0 Å². The molecule has 0 amide bonds. The fourth-order valence-corrected chi connectivity index (χ4v) is 3.40. The predicted octanol–water partition coefficient (Wildman–Crippen LogP) is 4.33. The molecule has 2 N–H and O–H groups in total. The molecule has 1 rings (SSSR count). The summed E-state index contributed by atoms with van der Waals surface area (Å²) in [5, 5.41) is 17.8. The molecule has 0 aromatic heterocycles. The van der Waals surface area contributed by atoms with E-state index in [1.807, 2.05) is 0 Å². The topological polar surface area (TPSA) is 40.5 Å². The Bertz CT molecular complexity index is 391. The van der Waals surface area contributed by atoms with Crippen molar-refractivity contribution in [3.63, 3.8) is 0 Å². The first kappa shape index (κ1) is 19.2. The molecule has 0 aliphatic carbocycles. The molecule has 1 aromatic carbocycles. The molecular formula is C20H34O2. The quantitative estimate of drug-likeness (QED) is 0.632. The lowest BCUT2D eigenvalue weighted by Gasteiger charge is -2.21. The minimum Gasteiger partial charge on any atom is -0.396 e. The van der Waals surface area contributed by atoms with Crippen molar-refractivity contribution in [1.29, 1.82) is 0 Å². The van der Waals surface area contributed by atoms with Gasteiger partial charge in [-0.2, -0.15) is 0 Å². The Labute approximate surface area is 136 Å². The van der Waals surface area contributed by atoms with Gasteiger partial charge in [-0.05, 0) is 99.6 Å². The van der Waals surface area contributed by atoms with E-state index in [4.69, 9.17) is 10.2 Å². The zero-order valence-electron chi connectivity index (χ0n) is 15.0. The van der Waals surface area contributed by atoms with Crippen LogP contribution in [-0.2, 0) is 12.8 Å². The van der Waals surface area contributed by atoms with Crippen molar-refractivity contribution in [2.75, 3.05) is 13.2 Å². The number of aliphatic hydroxyl groups excluding tert-OH is 2. The molecule has 0 radical (unpaired) electrons. The summed E-state index contributed by atoms with van der Waals surface area (Å²) in [6, 6.07) is 0. The highest BCUT2D eigenvalue weighted by Crippen LogP contribution is 2.29. The average Bonchev–Trinajstić information content (AvgIpc) is 2.51. The summed E-state index contributed by atoms with van der Waals surface area (Å²) >= 11 is 0. The molecule has 0 heterocycles. The summed E-state index contributed by atoms with van der Waals surface area (Å²) in [4.78, 5) is 0. The number of hydrogen-bond acceptors (Lipinski definition) is 2. The van der Waals surface area contributed by atoms with Gasteiger partial charge in [-0.15, -0.1) is 0 Å². The van der Waals surface area contributed by atoms with Crippen molar-refractivity contribution in [2.24, 2.45) is 0 Å². The maximum Gasteiger partial charge on any atom is 0.0431 e. The molecule has 126 valence electrons. The Hall–Kier alpha value is -0.860. The van der Waals surface area contributed by atoms with Crippen molar-refractivity contribution in [3.05, 3.63) is 33.4 Å². The Morgan fingerprint density at radius 3 is 1.09 bits per heavy atom. The molecule has 22 heavy (non-hydrogen) atoms. The number of aliphatic hydroxyl groups is 2. The fourth-order valence-electron chi connectivity index (χ4n) is 3.40. The van der Waals surface area contributed by atoms with Crippen molar-refractivity contribution in [2.45, 2.75) is 79.1 Å². The highest BCUT2D eigenvalue weighted by Gasteiger charge is 2.14. The van der Waals surface area contributed by atoms with Crippen LogP contribution in [0.2, 0.25) is 0 Å². The van der Waals surface area contributed by atoms with Crippen LogP contribution in [0.3, 0.4) is 0 Å². The van der Waals surface area contributed by atoms with E-state index in [1.165, 1.54) is 33.4 Å². The maximum absolute atomic E-state index is 8.90. The van der Waals surface area contributed by atoms with E-state index in [0.29, 0.717) is 13.2 Å². The van der Waals surface area contributed by atoms with E-state index >= 15 is 0 Å². The molecule has 0 unspecified atom stereocenters. The van der Waals surface area contributed by atoms with E-state index in [9.17, 15) is 0 Å². The maximum atomic E-state index is 8.90. The highest BCUT2D eigenvalue weighted by atomic mass is 16.3. The van der Waals surface area contributed by atoms with Crippen LogP contribution in [0, 0.1) is 27.7 Å². The average molecular weight is 306 g/mol. The van der Waals surface area contributed by atoms with Gasteiger partial charge in [0.05, 0.1) is 0 Å². The lowest BCUT2D eigenvalue weighted by atomic mass is 9.85. The van der Waals surface area contributed by atoms with Crippen molar-refractivity contribution >= 4 is 0 Å². The molecule has 0 spiro atoms. The Kier molecular flexibility index (Phi) is 8.74. The molecule has 0 bridgehead atoms. The van der Waals surface area contributed by atoms with Gasteiger partial charge in [0.1, 0.15) is 0 Å². The van der Waals surface area contributed by atoms with Gasteiger partial charge >= 0.3 is 0 Å². The number of rotatable bonds is 10. The van der Waals surface area contributed by atoms with Crippen LogP contribution in [0.25, 0.3) is 0 Å². The van der Waals surface area contributed by atoms with Gasteiger partial charge in [-0.3, -0.25) is 0 Å². The largest absolute Gasteiger partial charge is 0.396 e. The second kappa shape index (κ2) is 10.0. The summed E-state index contributed by atoms with van der Waals surface area (Å²) in [7, 11) is 0. The van der Waals surface area contributed by atoms with Crippen LogP contribution >= 0.6 is 0 Å². The number of benzene rings is 1. The van der Waals surface area contributed by atoms with Crippen molar-refractivity contribution in [1.82, 2.24) is 0 Å². The SMILES string of the molecule is Cc1c(C)c(CCCCCO)c(C)c(C)c1CCCCCO. The highest BCUT2D eigenvalue weighted by molar-refractivity contribution is 5.50. The van der Waals surface area contributed by atoms with Crippen LogP contribution in [0.5, 0.6) is 0 Å².